The zero-order valence-electron chi connectivity index (χ0n) is 13.7. The minimum atomic E-state index is -0.00282. The number of amides is 1. The smallest absolute Gasteiger partial charge is 0.274 e. The summed E-state index contributed by atoms with van der Waals surface area (Å²) in [6.45, 7) is 7.75. The molecule has 0 atom stereocenters. The maximum atomic E-state index is 12.7. The lowest BCUT2D eigenvalue weighted by molar-refractivity contribution is 0.0737. The number of nitrogens with one attached hydrogen (secondary N) is 1. The van der Waals surface area contributed by atoms with Crippen LogP contribution in [0, 0.1) is 5.92 Å². The molecule has 0 fully saturated rings. The van der Waals surface area contributed by atoms with E-state index in [1.54, 1.807) is 0 Å². The zero-order chi connectivity index (χ0) is 15.9. The molecular weight excluding hydrogens is 274 g/mol. The lowest BCUT2D eigenvalue weighted by Gasteiger charge is -2.21. The van der Waals surface area contributed by atoms with Crippen molar-refractivity contribution < 1.29 is 4.79 Å². The van der Waals surface area contributed by atoms with E-state index in [-0.39, 0.29) is 5.91 Å². The van der Waals surface area contributed by atoms with Gasteiger partial charge in [-0.15, -0.1) is 0 Å². The molecule has 1 aromatic carbocycles. The van der Waals surface area contributed by atoms with Gasteiger partial charge in [-0.2, -0.15) is 5.10 Å². The van der Waals surface area contributed by atoms with Gasteiger partial charge < -0.3 is 4.90 Å². The standard InChI is InChI=1S/C18H25N3O/c1-4-10-21(13-15-8-6-5-7-9-15)18(22)17-12-16(19-20-17)11-14(2)3/h5-9,12,14H,4,10-11,13H2,1-3H3,(H,19,20). The molecule has 118 valence electrons. The van der Waals surface area contributed by atoms with Gasteiger partial charge >= 0.3 is 0 Å². The molecule has 0 aliphatic heterocycles. The molecule has 1 amide bonds. The molecule has 22 heavy (non-hydrogen) atoms. The highest BCUT2D eigenvalue weighted by Gasteiger charge is 2.18. The van der Waals surface area contributed by atoms with Gasteiger partial charge in [0.25, 0.3) is 5.91 Å². The Labute approximate surface area is 132 Å². The molecule has 1 N–H and O–H groups in total. The van der Waals surface area contributed by atoms with Crippen LogP contribution in [0.4, 0.5) is 0 Å². The monoisotopic (exact) mass is 299 g/mol. The number of carbonyl (C=O) groups excluding carboxylic acids is 1. The number of aromatic nitrogens is 2. The molecule has 0 radical (unpaired) electrons. The summed E-state index contributed by atoms with van der Waals surface area (Å²) in [5, 5.41) is 7.18. The van der Waals surface area contributed by atoms with Crippen LogP contribution in [-0.4, -0.2) is 27.5 Å². The van der Waals surface area contributed by atoms with Crippen molar-refractivity contribution in [3.8, 4) is 0 Å². The van der Waals surface area contributed by atoms with E-state index in [4.69, 9.17) is 0 Å². The molecule has 2 aromatic rings. The van der Waals surface area contributed by atoms with Crippen molar-refractivity contribution in [2.24, 2.45) is 5.92 Å². The molecule has 0 bridgehead atoms. The Kier molecular flexibility index (Phi) is 5.75. The van der Waals surface area contributed by atoms with Crippen molar-refractivity contribution in [3.63, 3.8) is 0 Å². The van der Waals surface area contributed by atoms with Crippen molar-refractivity contribution in [1.82, 2.24) is 15.1 Å². The first-order valence-electron chi connectivity index (χ1n) is 7.97. The van der Waals surface area contributed by atoms with Crippen molar-refractivity contribution in [2.75, 3.05) is 6.54 Å². The Hall–Kier alpha value is -2.10. The van der Waals surface area contributed by atoms with E-state index in [2.05, 4.69) is 31.0 Å². The summed E-state index contributed by atoms with van der Waals surface area (Å²) in [7, 11) is 0. The molecule has 2 rings (SSSR count). The Morgan fingerprint density at radius 1 is 1.27 bits per heavy atom. The number of nitrogens with zero attached hydrogens (tertiary/aromatic N) is 2. The molecule has 1 heterocycles. The van der Waals surface area contributed by atoms with E-state index < -0.39 is 0 Å². The molecule has 0 saturated carbocycles. The van der Waals surface area contributed by atoms with Crippen LogP contribution >= 0.6 is 0 Å². The summed E-state index contributed by atoms with van der Waals surface area (Å²) in [4.78, 5) is 14.5. The van der Waals surface area contributed by atoms with Gasteiger partial charge in [0.15, 0.2) is 0 Å². The number of hydrogen-bond donors (Lipinski definition) is 1. The minimum Gasteiger partial charge on any atom is -0.333 e. The molecule has 0 aliphatic carbocycles. The molecule has 0 unspecified atom stereocenters. The predicted molar refractivity (Wildman–Crippen MR) is 88.6 cm³/mol. The van der Waals surface area contributed by atoms with Crippen LogP contribution in [0.15, 0.2) is 36.4 Å². The van der Waals surface area contributed by atoms with E-state index in [9.17, 15) is 4.79 Å². The van der Waals surface area contributed by atoms with Crippen LogP contribution in [0.2, 0.25) is 0 Å². The maximum absolute atomic E-state index is 12.7. The Morgan fingerprint density at radius 2 is 2.00 bits per heavy atom. The number of hydrogen-bond acceptors (Lipinski definition) is 2. The fraction of sp³-hybridized carbons (Fsp3) is 0.444. The average molecular weight is 299 g/mol. The first-order valence-corrected chi connectivity index (χ1v) is 7.97. The van der Waals surface area contributed by atoms with Crippen LogP contribution in [-0.2, 0) is 13.0 Å². The summed E-state index contributed by atoms with van der Waals surface area (Å²) in [5.41, 5.74) is 2.68. The van der Waals surface area contributed by atoms with E-state index in [1.807, 2.05) is 41.3 Å². The Balaban J connectivity index is 2.10. The molecule has 0 aliphatic rings. The van der Waals surface area contributed by atoms with Crippen LogP contribution < -0.4 is 0 Å². The third-order valence-corrected chi connectivity index (χ3v) is 3.48. The summed E-state index contributed by atoms with van der Waals surface area (Å²) in [6, 6.07) is 12.0. The molecule has 4 heteroatoms. The first kappa shape index (κ1) is 16.3. The number of benzene rings is 1. The van der Waals surface area contributed by atoms with Crippen LogP contribution in [0.25, 0.3) is 0 Å². The van der Waals surface area contributed by atoms with Gasteiger partial charge in [0.2, 0.25) is 0 Å². The second-order valence-corrected chi connectivity index (χ2v) is 6.09. The molecule has 1 aromatic heterocycles. The third-order valence-electron chi connectivity index (χ3n) is 3.48. The first-order chi connectivity index (χ1) is 10.6. The Bertz CT molecular complexity index is 589. The number of rotatable bonds is 7. The molecular formula is C18H25N3O. The SMILES string of the molecule is CCCN(Cc1ccccc1)C(=O)c1cc(CC(C)C)[nH]n1. The highest BCUT2D eigenvalue weighted by atomic mass is 16.2. The van der Waals surface area contributed by atoms with E-state index >= 15 is 0 Å². The fourth-order valence-electron chi connectivity index (χ4n) is 2.50. The van der Waals surface area contributed by atoms with Crippen molar-refractivity contribution >= 4 is 5.91 Å². The molecule has 0 saturated heterocycles. The van der Waals surface area contributed by atoms with Gasteiger partial charge in [-0.25, -0.2) is 0 Å². The van der Waals surface area contributed by atoms with Gasteiger partial charge in [-0.3, -0.25) is 9.89 Å². The van der Waals surface area contributed by atoms with E-state index in [0.29, 0.717) is 18.2 Å². The largest absolute Gasteiger partial charge is 0.333 e. The maximum Gasteiger partial charge on any atom is 0.274 e. The zero-order valence-corrected chi connectivity index (χ0v) is 13.7. The van der Waals surface area contributed by atoms with Crippen LogP contribution in [0.3, 0.4) is 0 Å². The predicted octanol–water partition coefficient (Wildman–Crippen LogP) is 3.66. The van der Waals surface area contributed by atoms with Crippen molar-refractivity contribution in [1.29, 1.82) is 0 Å². The van der Waals surface area contributed by atoms with Gasteiger partial charge in [0, 0.05) is 18.8 Å². The normalized spacial score (nSPS) is 10.9. The van der Waals surface area contributed by atoms with Crippen molar-refractivity contribution in [3.05, 3.63) is 53.3 Å². The summed E-state index contributed by atoms with van der Waals surface area (Å²) >= 11 is 0. The number of H-pyrrole nitrogens is 1. The van der Waals surface area contributed by atoms with Crippen molar-refractivity contribution in [2.45, 2.75) is 40.2 Å². The summed E-state index contributed by atoms with van der Waals surface area (Å²) in [5.74, 6) is 0.538. The minimum absolute atomic E-state index is 0.00282. The van der Waals surface area contributed by atoms with Gasteiger partial charge in [-0.05, 0) is 30.4 Å². The number of aromatic amines is 1. The molecule has 0 spiro atoms. The molecule has 4 nitrogen and oxygen atoms in total. The number of carbonyl (C=O) groups is 1. The van der Waals surface area contributed by atoms with Gasteiger partial charge in [0.1, 0.15) is 5.69 Å². The fourth-order valence-corrected chi connectivity index (χ4v) is 2.50. The second-order valence-electron chi connectivity index (χ2n) is 6.09. The van der Waals surface area contributed by atoms with E-state index in [0.717, 1.165) is 30.6 Å². The topological polar surface area (TPSA) is 49.0 Å². The average Bonchev–Trinajstić information content (AvgIpc) is 2.95. The van der Waals surface area contributed by atoms with E-state index in [1.165, 1.54) is 0 Å². The lowest BCUT2D eigenvalue weighted by atomic mass is 10.1. The van der Waals surface area contributed by atoms with Gasteiger partial charge in [0.05, 0.1) is 0 Å². The van der Waals surface area contributed by atoms with Crippen LogP contribution in [0.5, 0.6) is 0 Å². The Morgan fingerprint density at radius 3 is 2.64 bits per heavy atom. The summed E-state index contributed by atoms with van der Waals surface area (Å²) < 4.78 is 0. The summed E-state index contributed by atoms with van der Waals surface area (Å²) in [6.07, 6.45) is 1.84. The second kappa shape index (κ2) is 7.78. The third kappa shape index (κ3) is 4.45. The van der Waals surface area contributed by atoms with Crippen LogP contribution in [0.1, 0.15) is 48.9 Å². The highest BCUT2D eigenvalue weighted by molar-refractivity contribution is 5.92. The van der Waals surface area contributed by atoms with Gasteiger partial charge in [-0.1, -0.05) is 51.1 Å². The lowest BCUT2D eigenvalue weighted by Crippen LogP contribution is -2.31. The highest BCUT2D eigenvalue weighted by Crippen LogP contribution is 2.12. The quantitative estimate of drug-likeness (QED) is 0.848.